The van der Waals surface area contributed by atoms with Crippen LogP contribution in [0.15, 0.2) is 24.3 Å². The van der Waals surface area contributed by atoms with Gasteiger partial charge < -0.3 is 25.0 Å². The van der Waals surface area contributed by atoms with E-state index in [1.165, 1.54) is 18.3 Å². The second-order valence-corrected chi connectivity index (χ2v) is 15.9. The van der Waals surface area contributed by atoms with Crippen LogP contribution >= 0.6 is 0 Å². The molecule has 3 aliphatic rings. The van der Waals surface area contributed by atoms with Crippen molar-refractivity contribution in [2.24, 2.45) is 5.92 Å². The van der Waals surface area contributed by atoms with Gasteiger partial charge in [-0.15, -0.1) is 0 Å². The van der Waals surface area contributed by atoms with Crippen LogP contribution in [0.4, 0.5) is 4.79 Å². The molecule has 1 aromatic carbocycles. The summed E-state index contributed by atoms with van der Waals surface area (Å²) in [6, 6.07) is 3.76. The van der Waals surface area contributed by atoms with E-state index in [4.69, 9.17) is 9.47 Å². The Labute approximate surface area is 272 Å². The lowest BCUT2D eigenvalue weighted by Crippen LogP contribution is -2.62. The number of sulfonamides is 1. The number of nitrogens with one attached hydrogen (secondary N) is 2. The summed E-state index contributed by atoms with van der Waals surface area (Å²) < 4.78 is 39.2. The summed E-state index contributed by atoms with van der Waals surface area (Å²) in [6.07, 6.45) is 1.16. The number of carbonyl (C=O) groups is 4. The highest BCUT2D eigenvalue weighted by atomic mass is 32.2. The van der Waals surface area contributed by atoms with Gasteiger partial charge in [-0.1, -0.05) is 32.0 Å². The third-order valence-corrected chi connectivity index (χ3v) is 10.8. The zero-order valence-electron chi connectivity index (χ0n) is 27.9. The van der Waals surface area contributed by atoms with Crippen LogP contribution in [-0.2, 0) is 29.1 Å². The monoisotopic (exact) mass is 663 g/mol. The number of nitrogens with zero attached hydrogens (tertiary/aromatic N) is 3. The fourth-order valence-electron chi connectivity index (χ4n) is 6.21. The Balaban J connectivity index is 1.58. The van der Waals surface area contributed by atoms with Gasteiger partial charge in [0.1, 0.15) is 29.5 Å². The molecule has 4 rings (SSSR count). The van der Waals surface area contributed by atoms with Crippen molar-refractivity contribution in [2.45, 2.75) is 103 Å². The minimum absolute atomic E-state index is 0.106. The molecule has 0 bridgehead atoms. The molecule has 5 atom stereocenters. The van der Waals surface area contributed by atoms with Crippen molar-refractivity contribution in [3.8, 4) is 5.75 Å². The summed E-state index contributed by atoms with van der Waals surface area (Å²) >= 11 is 0. The van der Waals surface area contributed by atoms with Gasteiger partial charge in [0.25, 0.3) is 0 Å². The number of rotatable bonds is 8. The molecule has 13 nitrogen and oxygen atoms in total. The Morgan fingerprint density at radius 1 is 1.04 bits per heavy atom. The van der Waals surface area contributed by atoms with E-state index < -0.39 is 51.7 Å². The van der Waals surface area contributed by atoms with Crippen LogP contribution in [-0.4, -0.2) is 109 Å². The van der Waals surface area contributed by atoms with E-state index in [2.05, 4.69) is 10.6 Å². The van der Waals surface area contributed by atoms with Gasteiger partial charge in [0, 0.05) is 38.2 Å². The molecule has 46 heavy (non-hydrogen) atoms. The summed E-state index contributed by atoms with van der Waals surface area (Å²) in [5.41, 5.74) is 0.0879. The van der Waals surface area contributed by atoms with E-state index in [0.717, 1.165) is 10.5 Å². The van der Waals surface area contributed by atoms with Crippen LogP contribution in [0.3, 0.4) is 0 Å². The predicted octanol–water partition coefficient (Wildman–Crippen LogP) is 2.42. The largest absolute Gasteiger partial charge is 0.493 e. The lowest BCUT2D eigenvalue weighted by Gasteiger charge is -2.39. The third-order valence-electron chi connectivity index (χ3n) is 8.63. The molecule has 256 valence electrons. The average molecular weight is 664 g/mol. The molecule has 0 aliphatic carbocycles. The number of likely N-dealkylation sites (N-methyl/N-ethyl adjacent to an activating group) is 1. The van der Waals surface area contributed by atoms with Gasteiger partial charge in [-0.2, -0.15) is 4.31 Å². The molecule has 2 fully saturated rings. The summed E-state index contributed by atoms with van der Waals surface area (Å²) in [5.74, 6) is -1.02. The minimum Gasteiger partial charge on any atom is -0.493 e. The number of fused-ring (bicyclic) bond motifs is 2. The van der Waals surface area contributed by atoms with E-state index in [1.807, 2.05) is 24.3 Å². The van der Waals surface area contributed by atoms with Gasteiger partial charge in [0.15, 0.2) is 0 Å². The maximum atomic E-state index is 14.3. The fraction of sp³-hybridized carbons (Fsp3) is 0.688. The molecular weight excluding hydrogens is 614 g/mol. The first-order valence-corrected chi connectivity index (χ1v) is 17.7. The van der Waals surface area contributed by atoms with Crippen molar-refractivity contribution >= 4 is 33.8 Å². The first-order valence-electron chi connectivity index (χ1n) is 16.1. The Morgan fingerprint density at radius 3 is 2.41 bits per heavy atom. The summed E-state index contributed by atoms with van der Waals surface area (Å²) in [6.45, 7) is 10.5. The van der Waals surface area contributed by atoms with Crippen LogP contribution in [0.25, 0.3) is 0 Å². The van der Waals surface area contributed by atoms with Crippen molar-refractivity contribution in [1.29, 1.82) is 0 Å². The van der Waals surface area contributed by atoms with Gasteiger partial charge in [0.05, 0.1) is 18.4 Å². The molecule has 2 N–H and O–H groups in total. The van der Waals surface area contributed by atoms with E-state index in [9.17, 15) is 27.6 Å². The number of hydrogen-bond donors (Lipinski definition) is 2. The fourth-order valence-corrected chi connectivity index (χ4v) is 8.02. The van der Waals surface area contributed by atoms with Crippen molar-refractivity contribution in [2.75, 3.05) is 32.5 Å². The minimum atomic E-state index is -3.76. The van der Waals surface area contributed by atoms with Crippen LogP contribution in [0.1, 0.15) is 78.8 Å². The van der Waals surface area contributed by atoms with Crippen LogP contribution in [0, 0.1) is 5.92 Å². The maximum Gasteiger partial charge on any atom is 0.410 e. The molecule has 0 saturated carbocycles. The molecule has 0 aromatic heterocycles. The lowest BCUT2D eigenvalue weighted by atomic mass is 10.00. The molecule has 1 aromatic rings. The van der Waals surface area contributed by atoms with Crippen LogP contribution in [0.5, 0.6) is 5.75 Å². The highest BCUT2D eigenvalue weighted by molar-refractivity contribution is 7.89. The number of hydrogen-bond acceptors (Lipinski definition) is 8. The smallest absolute Gasteiger partial charge is 0.410 e. The van der Waals surface area contributed by atoms with Crippen molar-refractivity contribution in [3.05, 3.63) is 29.8 Å². The normalized spacial score (nSPS) is 24.5. The topological polar surface area (TPSA) is 155 Å². The molecule has 3 aliphatic heterocycles. The highest BCUT2D eigenvalue weighted by Gasteiger charge is 2.47. The number of ether oxygens (including phenoxy) is 2. The van der Waals surface area contributed by atoms with Crippen molar-refractivity contribution < 1.29 is 37.1 Å². The summed E-state index contributed by atoms with van der Waals surface area (Å²) in [7, 11) is -2.34. The number of para-hydroxylation sites is 1. The van der Waals surface area contributed by atoms with Crippen LogP contribution < -0.4 is 15.4 Å². The zero-order chi connectivity index (χ0) is 34.0. The Bertz CT molecular complexity index is 1410. The number of carbonyl (C=O) groups excluding carboxylic acids is 4. The second-order valence-electron chi connectivity index (χ2n) is 13.9. The summed E-state index contributed by atoms with van der Waals surface area (Å²) in [5, 5.41) is 5.84. The van der Waals surface area contributed by atoms with E-state index in [-0.39, 0.29) is 42.8 Å². The first-order chi connectivity index (χ1) is 21.5. The molecule has 14 heteroatoms. The average Bonchev–Trinajstić information content (AvgIpc) is 3.38. The molecular formula is C32H49N5O8S. The number of benzene rings is 1. The Hall–Kier alpha value is -3.39. The zero-order valence-corrected chi connectivity index (χ0v) is 28.8. The van der Waals surface area contributed by atoms with Crippen LogP contribution in [0.2, 0.25) is 0 Å². The predicted molar refractivity (Wildman–Crippen MR) is 171 cm³/mol. The standard InChI is InChI=1S/C32H49N5O8S/c1-20(2)19-46(42,43)36-16-14-22-12-13-26(29(39)33-24-15-17-44-27-11-9-8-10-23(24)27)37(22)30(40)25(18-36)34-28(38)21(3)35(7)31(41)45-32(4,5)6/h8-11,20-22,24-26H,12-19H2,1-7H3,(H,33,39)(H,34,38)/t21-,22+,24+,25-,26-/m0/s1. The molecule has 0 radical (unpaired) electrons. The SMILES string of the molecule is CC(C)CS(=O)(=O)N1CC[C@H]2CC[C@@H](C(=O)N[C@@H]3CCOc4ccccc43)N2C(=O)[C@@H](NC(=O)[C@H](C)N(C)C(=O)OC(C)(C)C)C1. The van der Waals surface area contributed by atoms with E-state index >= 15 is 0 Å². The van der Waals surface area contributed by atoms with E-state index in [1.54, 1.807) is 39.5 Å². The van der Waals surface area contributed by atoms with Gasteiger partial charge in [-0.3, -0.25) is 19.3 Å². The molecule has 2 saturated heterocycles. The van der Waals surface area contributed by atoms with E-state index in [0.29, 0.717) is 38.0 Å². The van der Waals surface area contributed by atoms with Crippen molar-refractivity contribution in [3.63, 3.8) is 0 Å². The lowest BCUT2D eigenvalue weighted by molar-refractivity contribution is -0.145. The maximum absolute atomic E-state index is 14.3. The van der Waals surface area contributed by atoms with Gasteiger partial charge in [0.2, 0.25) is 27.7 Å². The Morgan fingerprint density at radius 2 is 1.74 bits per heavy atom. The van der Waals surface area contributed by atoms with Gasteiger partial charge in [-0.05, 0) is 58.9 Å². The molecule has 0 unspecified atom stereocenters. The molecule has 0 spiro atoms. The second kappa shape index (κ2) is 14.2. The summed E-state index contributed by atoms with van der Waals surface area (Å²) in [4.78, 5) is 56.9. The van der Waals surface area contributed by atoms with Crippen molar-refractivity contribution in [1.82, 2.24) is 24.7 Å². The highest BCUT2D eigenvalue weighted by Crippen LogP contribution is 2.34. The Kier molecular flexibility index (Phi) is 10.9. The molecule has 4 amide bonds. The first kappa shape index (κ1) is 35.5. The third kappa shape index (κ3) is 8.30. The van der Waals surface area contributed by atoms with Gasteiger partial charge >= 0.3 is 6.09 Å². The number of amides is 4. The molecule has 3 heterocycles. The quantitative estimate of drug-likeness (QED) is 0.430. The van der Waals surface area contributed by atoms with Gasteiger partial charge in [-0.25, -0.2) is 13.2 Å².